The third kappa shape index (κ3) is 10.3. The number of aldehydes is 1. The van der Waals surface area contributed by atoms with Gasteiger partial charge in [0.2, 0.25) is 17.7 Å². The van der Waals surface area contributed by atoms with Crippen LogP contribution in [0, 0.1) is 11.8 Å². The number of phenolic OH excluding ortho intramolecular Hbond substituents is 1. The van der Waals surface area contributed by atoms with Crippen LogP contribution in [0.1, 0.15) is 44.2 Å². The number of amides is 4. The molecule has 1 saturated heterocycles. The van der Waals surface area contributed by atoms with E-state index in [4.69, 9.17) is 4.74 Å². The molecule has 0 spiro atoms. The number of aromatic hydroxyl groups is 1. The number of carbonyl (C=O) groups is 5. The summed E-state index contributed by atoms with van der Waals surface area (Å²) in [4.78, 5) is 63.0. The van der Waals surface area contributed by atoms with Gasteiger partial charge in [-0.1, -0.05) is 56.3 Å². The monoisotopic (exact) mass is 566 g/mol. The molecule has 1 heterocycles. The van der Waals surface area contributed by atoms with E-state index >= 15 is 0 Å². The Morgan fingerprint density at radius 1 is 0.976 bits per heavy atom. The summed E-state index contributed by atoms with van der Waals surface area (Å²) < 4.78 is 5.30. The molecule has 0 aromatic heterocycles. The van der Waals surface area contributed by atoms with Crippen molar-refractivity contribution < 1.29 is 33.8 Å². The quantitative estimate of drug-likeness (QED) is 0.218. The first-order valence-corrected chi connectivity index (χ1v) is 13.7. The number of hydrogen-bond acceptors (Lipinski definition) is 7. The number of hydrogen-bond donors (Lipinski definition) is 5. The Kier molecular flexibility index (Phi) is 11.7. The predicted octanol–water partition coefficient (Wildman–Crippen LogP) is 1.97. The molecule has 0 radical (unpaired) electrons. The van der Waals surface area contributed by atoms with Crippen molar-refractivity contribution in [3.63, 3.8) is 0 Å². The molecular formula is C30H38N4O7. The maximum atomic E-state index is 13.5. The van der Waals surface area contributed by atoms with Crippen LogP contribution in [0.5, 0.6) is 5.75 Å². The van der Waals surface area contributed by atoms with Crippen LogP contribution in [0.2, 0.25) is 0 Å². The SMILES string of the molecule is CC(C)C[C@H](NC(=O)[C@H](Cc1ccc(O)cc1)NC(=O)OCc1ccccc1)C(=O)N[C@H](C=O)CC1CCNC1=O. The van der Waals surface area contributed by atoms with Crippen molar-refractivity contribution in [2.75, 3.05) is 6.54 Å². The van der Waals surface area contributed by atoms with Gasteiger partial charge < -0.3 is 35.9 Å². The van der Waals surface area contributed by atoms with E-state index in [-0.39, 0.29) is 49.4 Å². The molecule has 5 N–H and O–H groups in total. The average molecular weight is 567 g/mol. The summed E-state index contributed by atoms with van der Waals surface area (Å²) in [7, 11) is 0. The Bertz CT molecular complexity index is 1190. The molecule has 11 heteroatoms. The van der Waals surface area contributed by atoms with Gasteiger partial charge >= 0.3 is 6.09 Å². The molecular weight excluding hydrogens is 528 g/mol. The van der Waals surface area contributed by atoms with E-state index in [1.165, 1.54) is 12.1 Å². The van der Waals surface area contributed by atoms with Gasteiger partial charge in [-0.2, -0.15) is 0 Å². The standard InChI is InChI=1S/C30H38N4O7/c1-19(2)14-25(28(38)32-23(17-35)16-22-12-13-31-27(22)37)33-29(39)26(15-20-8-10-24(36)11-9-20)34-30(40)41-18-21-6-4-3-5-7-21/h3-11,17,19,22-23,25-26,36H,12-16,18H2,1-2H3,(H,31,37)(H,32,38)(H,33,39)(H,34,40)/t22?,23-,25-,26-/m0/s1. The molecule has 220 valence electrons. The topological polar surface area (TPSA) is 163 Å². The van der Waals surface area contributed by atoms with E-state index in [9.17, 15) is 29.1 Å². The maximum Gasteiger partial charge on any atom is 0.408 e. The molecule has 41 heavy (non-hydrogen) atoms. The molecule has 2 aromatic carbocycles. The van der Waals surface area contributed by atoms with Crippen molar-refractivity contribution in [1.29, 1.82) is 0 Å². The molecule has 0 aliphatic carbocycles. The van der Waals surface area contributed by atoms with Gasteiger partial charge in [0.1, 0.15) is 30.7 Å². The second kappa shape index (κ2) is 15.4. The van der Waals surface area contributed by atoms with Crippen molar-refractivity contribution in [2.45, 2.75) is 64.3 Å². The van der Waals surface area contributed by atoms with Gasteiger partial charge in [0.15, 0.2) is 0 Å². The number of alkyl carbamates (subject to hydrolysis) is 1. The van der Waals surface area contributed by atoms with E-state index in [1.54, 1.807) is 24.3 Å². The second-order valence-corrected chi connectivity index (χ2v) is 10.6. The zero-order chi connectivity index (χ0) is 29.8. The van der Waals surface area contributed by atoms with Crippen LogP contribution >= 0.6 is 0 Å². The van der Waals surface area contributed by atoms with Gasteiger partial charge in [-0.15, -0.1) is 0 Å². The molecule has 1 unspecified atom stereocenters. The van der Waals surface area contributed by atoms with E-state index in [1.807, 2.05) is 32.0 Å². The zero-order valence-electron chi connectivity index (χ0n) is 23.3. The highest BCUT2D eigenvalue weighted by Crippen LogP contribution is 2.16. The third-order valence-electron chi connectivity index (χ3n) is 6.73. The van der Waals surface area contributed by atoms with Gasteiger partial charge in [-0.25, -0.2) is 4.79 Å². The summed E-state index contributed by atoms with van der Waals surface area (Å²) in [5.74, 6) is -1.63. The lowest BCUT2D eigenvalue weighted by molar-refractivity contribution is -0.131. The lowest BCUT2D eigenvalue weighted by Gasteiger charge is -2.25. The Labute approximate surface area is 239 Å². The largest absolute Gasteiger partial charge is 0.508 e. The fourth-order valence-corrected chi connectivity index (χ4v) is 4.57. The van der Waals surface area contributed by atoms with Gasteiger partial charge in [0.05, 0.1) is 6.04 Å². The number of carbonyl (C=O) groups excluding carboxylic acids is 5. The minimum Gasteiger partial charge on any atom is -0.508 e. The van der Waals surface area contributed by atoms with Crippen LogP contribution in [-0.2, 0) is 36.9 Å². The number of ether oxygens (including phenoxy) is 1. The first-order valence-electron chi connectivity index (χ1n) is 13.7. The molecule has 1 fully saturated rings. The van der Waals surface area contributed by atoms with Gasteiger partial charge in [-0.3, -0.25) is 14.4 Å². The lowest BCUT2D eigenvalue weighted by atomic mass is 9.97. The third-order valence-corrected chi connectivity index (χ3v) is 6.73. The Balaban J connectivity index is 1.70. The van der Waals surface area contributed by atoms with Crippen molar-refractivity contribution in [1.82, 2.24) is 21.3 Å². The van der Waals surface area contributed by atoms with Crippen LogP contribution < -0.4 is 21.3 Å². The summed E-state index contributed by atoms with van der Waals surface area (Å²) in [6, 6.07) is 12.3. The summed E-state index contributed by atoms with van der Waals surface area (Å²) >= 11 is 0. The Morgan fingerprint density at radius 3 is 2.27 bits per heavy atom. The van der Waals surface area contributed by atoms with Crippen LogP contribution in [0.3, 0.4) is 0 Å². The first kappa shape index (κ1) is 31.1. The number of nitrogens with one attached hydrogen (secondary N) is 4. The maximum absolute atomic E-state index is 13.5. The predicted molar refractivity (Wildman–Crippen MR) is 150 cm³/mol. The summed E-state index contributed by atoms with van der Waals surface area (Å²) in [5.41, 5.74) is 1.43. The fourth-order valence-electron chi connectivity index (χ4n) is 4.57. The molecule has 0 bridgehead atoms. The summed E-state index contributed by atoms with van der Waals surface area (Å²) in [5, 5.41) is 20.3. The molecule has 11 nitrogen and oxygen atoms in total. The minimum atomic E-state index is -1.10. The van der Waals surface area contributed by atoms with E-state index in [0.717, 1.165) is 5.56 Å². The number of rotatable bonds is 14. The van der Waals surface area contributed by atoms with E-state index in [2.05, 4.69) is 21.3 Å². The smallest absolute Gasteiger partial charge is 0.408 e. The molecule has 1 aliphatic rings. The van der Waals surface area contributed by atoms with Crippen LogP contribution in [0.4, 0.5) is 4.79 Å². The highest BCUT2D eigenvalue weighted by atomic mass is 16.5. The number of benzene rings is 2. The van der Waals surface area contributed by atoms with Crippen molar-refractivity contribution in [3.05, 3.63) is 65.7 Å². The Morgan fingerprint density at radius 2 is 1.66 bits per heavy atom. The first-order chi connectivity index (χ1) is 19.6. The Hall–Kier alpha value is -4.41. The van der Waals surface area contributed by atoms with Gasteiger partial charge in [0.25, 0.3) is 0 Å². The molecule has 2 aromatic rings. The zero-order valence-corrected chi connectivity index (χ0v) is 23.3. The summed E-state index contributed by atoms with van der Waals surface area (Å²) in [6.45, 7) is 4.31. The molecule has 1 aliphatic heterocycles. The highest BCUT2D eigenvalue weighted by Gasteiger charge is 2.31. The number of phenols is 1. The molecule has 0 saturated carbocycles. The van der Waals surface area contributed by atoms with Crippen LogP contribution in [-0.4, -0.2) is 59.9 Å². The van der Waals surface area contributed by atoms with Crippen molar-refractivity contribution >= 4 is 30.1 Å². The van der Waals surface area contributed by atoms with Gasteiger partial charge in [0, 0.05) is 18.9 Å². The highest BCUT2D eigenvalue weighted by molar-refractivity contribution is 5.92. The van der Waals surface area contributed by atoms with Crippen molar-refractivity contribution in [2.24, 2.45) is 11.8 Å². The normalized spacial score (nSPS) is 16.7. The molecule has 4 atom stereocenters. The van der Waals surface area contributed by atoms with Gasteiger partial charge in [-0.05, 0) is 48.4 Å². The summed E-state index contributed by atoms with van der Waals surface area (Å²) in [6.07, 6.45) is 0.870. The minimum absolute atomic E-state index is 0.00467. The fraction of sp³-hybridized carbons (Fsp3) is 0.433. The second-order valence-electron chi connectivity index (χ2n) is 10.6. The van der Waals surface area contributed by atoms with Crippen LogP contribution in [0.25, 0.3) is 0 Å². The van der Waals surface area contributed by atoms with E-state index < -0.39 is 36.0 Å². The lowest BCUT2D eigenvalue weighted by Crippen LogP contribution is -2.56. The molecule has 3 rings (SSSR count). The van der Waals surface area contributed by atoms with Crippen LogP contribution in [0.15, 0.2) is 54.6 Å². The van der Waals surface area contributed by atoms with E-state index in [0.29, 0.717) is 24.8 Å². The van der Waals surface area contributed by atoms with Crippen molar-refractivity contribution in [3.8, 4) is 5.75 Å². The molecule has 4 amide bonds. The average Bonchev–Trinajstić information content (AvgIpc) is 3.36.